The van der Waals surface area contributed by atoms with E-state index in [1.807, 2.05) is 24.3 Å². The first-order chi connectivity index (χ1) is 16.7. The Balaban J connectivity index is 1.50. The molecule has 4 aromatic rings. The van der Waals surface area contributed by atoms with Crippen molar-refractivity contribution in [2.45, 2.75) is 70.5 Å². The van der Waals surface area contributed by atoms with E-state index in [2.05, 4.69) is 57.6 Å². The summed E-state index contributed by atoms with van der Waals surface area (Å²) in [5.41, 5.74) is 5.12. The number of nitrogens with zero attached hydrogens (tertiary/aromatic N) is 2. The van der Waals surface area contributed by atoms with Gasteiger partial charge in [0, 0.05) is 5.56 Å². The summed E-state index contributed by atoms with van der Waals surface area (Å²) in [5.74, 6) is 1.94. The molecule has 0 bridgehead atoms. The molecule has 1 atom stereocenters. The number of aromatic amines is 1. The van der Waals surface area contributed by atoms with Crippen LogP contribution in [0.15, 0.2) is 47.0 Å². The Hall–Kier alpha value is -2.93. The van der Waals surface area contributed by atoms with Crippen LogP contribution in [0.3, 0.4) is 0 Å². The lowest BCUT2D eigenvalue weighted by Crippen LogP contribution is -2.56. The third-order valence-electron chi connectivity index (χ3n) is 7.85. The highest BCUT2D eigenvalue weighted by molar-refractivity contribution is 6.93. The highest BCUT2D eigenvalue weighted by Crippen LogP contribution is 2.41. The average molecular weight is 492 g/mol. The fourth-order valence-corrected chi connectivity index (χ4v) is 12.3. The predicted molar refractivity (Wildman–Crippen MR) is 141 cm³/mol. The Morgan fingerprint density at radius 2 is 1.74 bits per heavy atom. The van der Waals surface area contributed by atoms with E-state index in [0.717, 1.165) is 29.1 Å². The number of oxazole rings is 1. The fraction of sp³-hybridized carbons (Fsp3) is 0.429. The van der Waals surface area contributed by atoms with Crippen molar-refractivity contribution in [1.82, 2.24) is 15.0 Å². The Kier molecular flexibility index (Phi) is 6.07. The molecule has 0 amide bonds. The summed E-state index contributed by atoms with van der Waals surface area (Å²) in [6, 6.07) is 11.5. The van der Waals surface area contributed by atoms with Crippen LogP contribution in [0.2, 0.25) is 16.6 Å². The second-order valence-electron chi connectivity index (χ2n) is 10.7. The number of benzene rings is 2. The number of aromatic nitrogens is 3. The maximum atomic E-state index is 15.2. The van der Waals surface area contributed by atoms with Gasteiger partial charge < -0.3 is 14.1 Å². The quantitative estimate of drug-likeness (QED) is 0.296. The largest absolute Gasteiger partial charge is 0.493 e. The molecular weight excluding hydrogens is 457 g/mol. The minimum atomic E-state index is -2.04. The first kappa shape index (κ1) is 23.8. The second-order valence-corrected chi connectivity index (χ2v) is 16.5. The standard InChI is InChI=1S/C28H34FN3O2Si/c1-16(2)35(17(3)4,18(5)6)28-30-14-25(34-28)20-12-22(29)26-23(13-20)31-27(32-26)21-11-19-9-7-8-10-24(19)33-15-21/h7-10,12-14,16-18,21H,11,15H2,1-6H3,(H,31,32). The molecule has 1 aliphatic heterocycles. The zero-order valence-corrected chi connectivity index (χ0v) is 22.4. The summed E-state index contributed by atoms with van der Waals surface area (Å²) in [6.07, 6.45) is 2.57. The van der Waals surface area contributed by atoms with Crippen LogP contribution in [0.1, 0.15) is 58.8 Å². The molecule has 0 aliphatic carbocycles. The van der Waals surface area contributed by atoms with Gasteiger partial charge in [0.2, 0.25) is 0 Å². The SMILES string of the molecule is CC(C)[Si](c1ncc(-c2cc(F)c3nc(C4COc5ccccc5C4)[nH]c3c2)o1)(C(C)C)C(C)C. The van der Waals surface area contributed by atoms with Gasteiger partial charge in [-0.2, -0.15) is 0 Å². The van der Waals surface area contributed by atoms with Gasteiger partial charge in [-0.25, -0.2) is 14.4 Å². The van der Waals surface area contributed by atoms with Gasteiger partial charge in [-0.3, -0.25) is 0 Å². The molecule has 2 aromatic carbocycles. The maximum Gasteiger partial charge on any atom is 0.167 e. The van der Waals surface area contributed by atoms with E-state index in [-0.39, 0.29) is 11.7 Å². The van der Waals surface area contributed by atoms with Crippen molar-refractivity contribution in [2.24, 2.45) is 0 Å². The van der Waals surface area contributed by atoms with E-state index in [1.54, 1.807) is 6.20 Å². The number of imidazole rings is 1. The smallest absolute Gasteiger partial charge is 0.167 e. The third kappa shape index (κ3) is 3.90. The van der Waals surface area contributed by atoms with Crippen LogP contribution in [-0.4, -0.2) is 29.6 Å². The summed E-state index contributed by atoms with van der Waals surface area (Å²) < 4.78 is 27.6. The first-order valence-corrected chi connectivity index (χ1v) is 14.8. The number of fused-ring (bicyclic) bond motifs is 2. The highest BCUT2D eigenvalue weighted by Gasteiger charge is 2.49. The van der Waals surface area contributed by atoms with Gasteiger partial charge in [0.05, 0.1) is 24.2 Å². The monoisotopic (exact) mass is 491 g/mol. The first-order valence-electron chi connectivity index (χ1n) is 12.6. The van der Waals surface area contributed by atoms with E-state index in [4.69, 9.17) is 14.1 Å². The minimum Gasteiger partial charge on any atom is -0.493 e. The number of nitrogens with one attached hydrogen (secondary N) is 1. The molecule has 3 heterocycles. The predicted octanol–water partition coefficient (Wildman–Crippen LogP) is 6.96. The summed E-state index contributed by atoms with van der Waals surface area (Å²) in [5, 5.41) is 0. The van der Waals surface area contributed by atoms with Gasteiger partial charge in [0.15, 0.2) is 25.2 Å². The van der Waals surface area contributed by atoms with Crippen molar-refractivity contribution in [2.75, 3.05) is 6.61 Å². The second kappa shape index (κ2) is 8.93. The van der Waals surface area contributed by atoms with Gasteiger partial charge in [0.1, 0.15) is 17.1 Å². The van der Waals surface area contributed by atoms with Crippen LogP contribution < -0.4 is 10.3 Å². The zero-order valence-electron chi connectivity index (χ0n) is 21.4. The van der Waals surface area contributed by atoms with Crippen molar-refractivity contribution in [3.63, 3.8) is 0 Å². The Morgan fingerprint density at radius 1 is 1.03 bits per heavy atom. The molecule has 0 saturated carbocycles. The Bertz CT molecular complexity index is 1340. The van der Waals surface area contributed by atoms with Crippen LogP contribution in [0.25, 0.3) is 22.4 Å². The van der Waals surface area contributed by atoms with E-state index in [9.17, 15) is 0 Å². The van der Waals surface area contributed by atoms with Gasteiger partial charge in [-0.05, 0) is 46.8 Å². The van der Waals surface area contributed by atoms with Crippen molar-refractivity contribution in [1.29, 1.82) is 0 Å². The van der Waals surface area contributed by atoms with Crippen molar-refractivity contribution >= 4 is 24.6 Å². The molecule has 184 valence electrons. The normalized spacial score (nSPS) is 16.3. The van der Waals surface area contributed by atoms with Gasteiger partial charge in [-0.15, -0.1) is 0 Å². The van der Waals surface area contributed by atoms with Gasteiger partial charge >= 0.3 is 0 Å². The van der Waals surface area contributed by atoms with Crippen molar-refractivity contribution < 1.29 is 13.5 Å². The molecular formula is C28H34FN3O2Si. The maximum absolute atomic E-state index is 15.2. The molecule has 7 heteroatoms. The molecule has 1 aliphatic rings. The highest BCUT2D eigenvalue weighted by atomic mass is 28.3. The number of hydrogen-bond acceptors (Lipinski definition) is 4. The molecule has 0 radical (unpaired) electrons. The van der Waals surface area contributed by atoms with Crippen molar-refractivity contribution in [3.8, 4) is 17.1 Å². The molecule has 0 fully saturated rings. The molecule has 5 nitrogen and oxygen atoms in total. The molecule has 1 N–H and O–H groups in total. The molecule has 1 unspecified atom stereocenters. The lowest BCUT2D eigenvalue weighted by Gasteiger charge is -2.39. The topological polar surface area (TPSA) is 63.9 Å². The average Bonchev–Trinajstić information content (AvgIpc) is 3.46. The number of hydrogen-bond donors (Lipinski definition) is 1. The van der Waals surface area contributed by atoms with E-state index in [0.29, 0.717) is 45.6 Å². The number of H-pyrrole nitrogens is 1. The third-order valence-corrected chi connectivity index (χ3v) is 14.6. The number of halogens is 1. The number of ether oxygens (including phenoxy) is 1. The van der Waals surface area contributed by atoms with Gasteiger partial charge in [0.25, 0.3) is 0 Å². The van der Waals surface area contributed by atoms with Crippen LogP contribution in [-0.2, 0) is 6.42 Å². The van der Waals surface area contributed by atoms with Crippen LogP contribution in [0.4, 0.5) is 4.39 Å². The fourth-order valence-electron chi connectivity index (χ4n) is 6.28. The summed E-state index contributed by atoms with van der Waals surface area (Å²) in [7, 11) is -2.04. The molecule has 5 rings (SSSR count). The number of rotatable bonds is 6. The zero-order chi connectivity index (χ0) is 24.9. The lowest BCUT2D eigenvalue weighted by molar-refractivity contribution is 0.258. The summed E-state index contributed by atoms with van der Waals surface area (Å²) in [6.45, 7) is 14.2. The molecule has 2 aromatic heterocycles. The molecule has 35 heavy (non-hydrogen) atoms. The Morgan fingerprint density at radius 3 is 2.46 bits per heavy atom. The molecule has 0 spiro atoms. The summed E-state index contributed by atoms with van der Waals surface area (Å²) >= 11 is 0. The van der Waals surface area contributed by atoms with E-state index >= 15 is 4.39 Å². The van der Waals surface area contributed by atoms with Crippen LogP contribution in [0, 0.1) is 5.82 Å². The lowest BCUT2D eigenvalue weighted by atomic mass is 9.96. The van der Waals surface area contributed by atoms with Gasteiger partial charge in [-0.1, -0.05) is 59.7 Å². The minimum absolute atomic E-state index is 0.0479. The van der Waals surface area contributed by atoms with Crippen LogP contribution >= 0.6 is 0 Å². The molecule has 0 saturated heterocycles. The van der Waals surface area contributed by atoms with Crippen molar-refractivity contribution in [3.05, 3.63) is 59.8 Å². The van der Waals surface area contributed by atoms with E-state index < -0.39 is 8.07 Å². The van der Waals surface area contributed by atoms with E-state index in [1.165, 1.54) is 6.07 Å². The number of para-hydroxylation sites is 1. The Labute approximate surface area is 207 Å². The summed E-state index contributed by atoms with van der Waals surface area (Å²) in [4.78, 5) is 12.7. The van der Waals surface area contributed by atoms with Crippen LogP contribution in [0.5, 0.6) is 5.75 Å².